The van der Waals surface area contributed by atoms with Crippen molar-refractivity contribution in [3.8, 4) is 0 Å². The highest BCUT2D eigenvalue weighted by Crippen LogP contribution is 2.38. The third-order valence-electron chi connectivity index (χ3n) is 4.34. The number of aliphatic hydroxyl groups excluding tert-OH is 1. The molecule has 0 aromatic heterocycles. The summed E-state index contributed by atoms with van der Waals surface area (Å²) in [6.07, 6.45) is 7.13. The van der Waals surface area contributed by atoms with Crippen LogP contribution in [0.3, 0.4) is 0 Å². The van der Waals surface area contributed by atoms with Gasteiger partial charge in [0.05, 0.1) is 6.61 Å². The molecule has 3 nitrogen and oxygen atoms in total. The second-order valence-electron chi connectivity index (χ2n) is 6.10. The zero-order valence-electron chi connectivity index (χ0n) is 14.1. The molecule has 1 amide bonds. The zero-order chi connectivity index (χ0) is 16.3. The first-order chi connectivity index (χ1) is 10.7. The maximum Gasteiger partial charge on any atom is 0.220 e. The number of unbranched alkanes of at least 4 members (excludes halogenated alkanes) is 2. The van der Waals surface area contributed by atoms with Crippen LogP contribution in [0.5, 0.6) is 0 Å². The molecule has 0 aliphatic rings. The fourth-order valence-corrected chi connectivity index (χ4v) is 3.08. The average Bonchev–Trinajstić information content (AvgIpc) is 2.56. The van der Waals surface area contributed by atoms with E-state index in [1.54, 1.807) is 0 Å². The molecular formula is C19H31NO2. The Morgan fingerprint density at radius 2 is 1.68 bits per heavy atom. The second kappa shape index (κ2) is 10.4. The molecule has 3 heteroatoms. The van der Waals surface area contributed by atoms with Crippen molar-refractivity contribution in [3.05, 3.63) is 35.9 Å². The van der Waals surface area contributed by atoms with Gasteiger partial charge < -0.3 is 10.4 Å². The Morgan fingerprint density at radius 1 is 1.09 bits per heavy atom. The third-order valence-corrected chi connectivity index (χ3v) is 4.34. The Balaban J connectivity index is 2.99. The minimum absolute atomic E-state index is 0.00596. The van der Waals surface area contributed by atoms with Crippen molar-refractivity contribution in [2.75, 3.05) is 13.2 Å². The van der Waals surface area contributed by atoms with Crippen molar-refractivity contribution < 1.29 is 9.90 Å². The molecule has 0 fully saturated rings. The van der Waals surface area contributed by atoms with Crippen molar-refractivity contribution in [2.24, 2.45) is 0 Å². The highest BCUT2D eigenvalue weighted by molar-refractivity contribution is 5.77. The van der Waals surface area contributed by atoms with Crippen molar-refractivity contribution in [2.45, 2.75) is 64.2 Å². The molecule has 2 N–H and O–H groups in total. The van der Waals surface area contributed by atoms with Gasteiger partial charge in [-0.05, 0) is 18.4 Å². The summed E-state index contributed by atoms with van der Waals surface area (Å²) in [5.41, 5.74) is 1.20. The van der Waals surface area contributed by atoms with Crippen LogP contribution >= 0.6 is 0 Å². The fraction of sp³-hybridized carbons (Fsp3) is 0.632. The minimum atomic E-state index is -0.0766. The van der Waals surface area contributed by atoms with Gasteiger partial charge >= 0.3 is 0 Å². The fourth-order valence-electron chi connectivity index (χ4n) is 3.08. The summed E-state index contributed by atoms with van der Waals surface area (Å²) < 4.78 is 0. The van der Waals surface area contributed by atoms with Gasteiger partial charge in [-0.3, -0.25) is 4.79 Å². The van der Waals surface area contributed by atoms with Crippen LogP contribution in [-0.2, 0) is 10.2 Å². The highest BCUT2D eigenvalue weighted by Gasteiger charge is 2.33. The van der Waals surface area contributed by atoms with Gasteiger partial charge in [0.25, 0.3) is 0 Å². The summed E-state index contributed by atoms with van der Waals surface area (Å²) in [6.45, 7) is 4.72. The normalized spacial score (nSPS) is 11.4. The first-order valence-corrected chi connectivity index (χ1v) is 8.61. The van der Waals surface area contributed by atoms with Gasteiger partial charge in [0.2, 0.25) is 5.91 Å². The van der Waals surface area contributed by atoms with Crippen molar-refractivity contribution in [1.29, 1.82) is 0 Å². The van der Waals surface area contributed by atoms with E-state index in [1.165, 1.54) is 5.56 Å². The van der Waals surface area contributed by atoms with Gasteiger partial charge in [0.1, 0.15) is 0 Å². The van der Waals surface area contributed by atoms with Crippen LogP contribution < -0.4 is 5.32 Å². The molecule has 22 heavy (non-hydrogen) atoms. The zero-order valence-corrected chi connectivity index (χ0v) is 14.1. The molecular weight excluding hydrogens is 274 g/mol. The summed E-state index contributed by atoms with van der Waals surface area (Å²) in [4.78, 5) is 12.3. The van der Waals surface area contributed by atoms with Gasteiger partial charge in [-0.2, -0.15) is 0 Å². The van der Waals surface area contributed by atoms with Crippen LogP contribution in [0.25, 0.3) is 0 Å². The Hall–Kier alpha value is -1.35. The van der Waals surface area contributed by atoms with E-state index in [-0.39, 0.29) is 17.9 Å². The maximum absolute atomic E-state index is 12.3. The quantitative estimate of drug-likeness (QED) is 0.653. The lowest BCUT2D eigenvalue weighted by Gasteiger charge is -2.34. The van der Waals surface area contributed by atoms with E-state index >= 15 is 0 Å². The van der Waals surface area contributed by atoms with E-state index in [1.807, 2.05) is 6.07 Å². The van der Waals surface area contributed by atoms with Gasteiger partial charge in [0.15, 0.2) is 0 Å². The number of carbonyl (C=O) groups excluding carboxylic acids is 1. The first kappa shape index (κ1) is 18.7. The van der Waals surface area contributed by atoms with E-state index in [2.05, 4.69) is 43.4 Å². The van der Waals surface area contributed by atoms with E-state index < -0.39 is 0 Å². The molecule has 0 unspecified atom stereocenters. The molecule has 0 spiro atoms. The number of nitrogens with one attached hydrogen (secondary N) is 1. The lowest BCUT2D eigenvalue weighted by atomic mass is 9.70. The molecule has 0 saturated carbocycles. The Kier molecular flexibility index (Phi) is 8.83. The Bertz CT molecular complexity index is 409. The highest BCUT2D eigenvalue weighted by atomic mass is 16.3. The summed E-state index contributed by atoms with van der Waals surface area (Å²) in [6, 6.07) is 10.5. The second-order valence-corrected chi connectivity index (χ2v) is 6.10. The minimum Gasteiger partial charge on any atom is -0.395 e. The number of hydrogen-bond donors (Lipinski definition) is 2. The Morgan fingerprint density at radius 3 is 2.18 bits per heavy atom. The molecule has 1 aromatic carbocycles. The summed E-state index contributed by atoms with van der Waals surface area (Å²) in [5.74, 6) is 0.0464. The smallest absolute Gasteiger partial charge is 0.220 e. The molecule has 0 saturated heterocycles. The van der Waals surface area contributed by atoms with Crippen LogP contribution in [0.4, 0.5) is 0 Å². The van der Waals surface area contributed by atoms with E-state index in [9.17, 15) is 4.79 Å². The Labute approximate surface area is 135 Å². The number of aliphatic hydroxyl groups is 1. The van der Waals surface area contributed by atoms with Gasteiger partial charge in [-0.15, -0.1) is 0 Å². The maximum atomic E-state index is 12.3. The predicted octanol–water partition coefficient (Wildman–Crippen LogP) is 3.80. The average molecular weight is 305 g/mol. The summed E-state index contributed by atoms with van der Waals surface area (Å²) in [5, 5.41) is 11.7. The van der Waals surface area contributed by atoms with E-state index in [0.29, 0.717) is 13.0 Å². The molecule has 1 aromatic rings. The van der Waals surface area contributed by atoms with Crippen molar-refractivity contribution in [1.82, 2.24) is 5.32 Å². The van der Waals surface area contributed by atoms with Crippen molar-refractivity contribution >= 4 is 5.91 Å². The number of hydrogen-bond acceptors (Lipinski definition) is 2. The molecule has 0 aliphatic heterocycles. The SMILES string of the molecule is CCCCC(CCCC)(CC(=O)NCCO)c1ccccc1. The first-order valence-electron chi connectivity index (χ1n) is 8.61. The van der Waals surface area contributed by atoms with E-state index in [0.717, 1.165) is 38.5 Å². The monoisotopic (exact) mass is 305 g/mol. The van der Waals surface area contributed by atoms with Crippen LogP contribution in [0.15, 0.2) is 30.3 Å². The molecule has 0 atom stereocenters. The largest absolute Gasteiger partial charge is 0.395 e. The molecule has 0 aliphatic carbocycles. The number of benzene rings is 1. The number of amides is 1. The molecule has 0 heterocycles. The number of carbonyl (C=O) groups is 1. The van der Waals surface area contributed by atoms with Gasteiger partial charge in [0, 0.05) is 18.4 Å². The lowest BCUT2D eigenvalue weighted by molar-refractivity contribution is -0.122. The molecule has 1 rings (SSSR count). The predicted molar refractivity (Wildman–Crippen MR) is 91.9 cm³/mol. The van der Waals surface area contributed by atoms with Crippen LogP contribution in [0.1, 0.15) is 64.4 Å². The van der Waals surface area contributed by atoms with Crippen LogP contribution in [0.2, 0.25) is 0 Å². The van der Waals surface area contributed by atoms with Crippen molar-refractivity contribution in [3.63, 3.8) is 0 Å². The summed E-state index contributed by atoms with van der Waals surface area (Å²) >= 11 is 0. The molecule has 0 bridgehead atoms. The third kappa shape index (κ3) is 5.80. The van der Waals surface area contributed by atoms with Crippen LogP contribution in [-0.4, -0.2) is 24.2 Å². The number of rotatable bonds is 11. The van der Waals surface area contributed by atoms with Gasteiger partial charge in [-0.25, -0.2) is 0 Å². The topological polar surface area (TPSA) is 49.3 Å². The molecule has 0 radical (unpaired) electrons. The molecule has 124 valence electrons. The van der Waals surface area contributed by atoms with Crippen LogP contribution in [0, 0.1) is 0 Å². The summed E-state index contributed by atoms with van der Waals surface area (Å²) in [7, 11) is 0. The van der Waals surface area contributed by atoms with E-state index in [4.69, 9.17) is 5.11 Å². The standard InChI is InChI=1S/C19H31NO2/c1-3-5-12-19(13-6-4-2,16-18(22)20-14-15-21)17-10-8-7-9-11-17/h7-11,21H,3-6,12-16H2,1-2H3,(H,20,22). The van der Waals surface area contributed by atoms with Gasteiger partial charge in [-0.1, -0.05) is 69.9 Å². The lowest BCUT2D eigenvalue weighted by Crippen LogP contribution is -2.36.